The van der Waals surface area contributed by atoms with Crippen molar-refractivity contribution < 1.29 is 13.2 Å². The van der Waals surface area contributed by atoms with Gasteiger partial charge in [-0.1, -0.05) is 59.3 Å². The zero-order chi connectivity index (χ0) is 17.3. The number of hydrogen-bond donors (Lipinski definition) is 0. The molecule has 3 rings (SSSR count). The lowest BCUT2D eigenvalue weighted by molar-refractivity contribution is 0.0989. The summed E-state index contributed by atoms with van der Waals surface area (Å²) in [6, 6.07) is 15.4. The van der Waals surface area contributed by atoms with Crippen molar-refractivity contribution in [2.45, 2.75) is 23.6 Å². The highest BCUT2D eigenvalue weighted by atomic mass is 79.9. The minimum absolute atomic E-state index is 0.0670. The van der Waals surface area contributed by atoms with Crippen LogP contribution in [0.5, 0.6) is 0 Å². The maximum absolute atomic E-state index is 13.2. The smallest absolute Gasteiger partial charge is 0.268 e. The van der Waals surface area contributed by atoms with E-state index in [1.807, 2.05) is 6.07 Å². The number of hydrogen-bond acceptors (Lipinski definition) is 3. The largest absolute Gasteiger partial charge is 0.294 e. The van der Waals surface area contributed by atoms with Crippen LogP contribution in [0, 0.1) is 0 Å². The van der Waals surface area contributed by atoms with Crippen molar-refractivity contribution in [2.24, 2.45) is 0 Å². The fourth-order valence-electron chi connectivity index (χ4n) is 2.85. The van der Waals surface area contributed by atoms with E-state index >= 15 is 0 Å². The normalized spacial score (nSPS) is 11.8. The molecule has 0 bridgehead atoms. The Morgan fingerprint density at radius 1 is 1.04 bits per heavy atom. The molecule has 0 fully saturated rings. The number of nitrogens with zero attached hydrogens (tertiary/aromatic N) is 1. The molecule has 1 aromatic heterocycles. The number of benzene rings is 2. The quantitative estimate of drug-likeness (QED) is 0.467. The molecule has 24 heavy (non-hydrogen) atoms. The highest BCUT2D eigenvalue weighted by Gasteiger charge is 2.28. The number of halogens is 1. The van der Waals surface area contributed by atoms with Crippen molar-refractivity contribution in [2.75, 3.05) is 0 Å². The van der Waals surface area contributed by atoms with E-state index in [1.165, 1.54) is 3.97 Å². The number of fused-ring (bicyclic) bond motifs is 1. The predicted octanol–water partition coefficient (Wildman–Crippen LogP) is 4.37. The summed E-state index contributed by atoms with van der Waals surface area (Å²) in [4.78, 5) is 12.7. The number of carbonyl (C=O) groups is 1. The summed E-state index contributed by atoms with van der Waals surface area (Å²) in [5.41, 5.74) is 1.46. The summed E-state index contributed by atoms with van der Waals surface area (Å²) >= 11 is 3.36. The van der Waals surface area contributed by atoms with Crippen molar-refractivity contribution in [3.63, 3.8) is 0 Å². The SMILES string of the molecule is CCC(=O)c1c(CBr)n(S(=O)(=O)c2ccccc2)c2ccccc12. The first-order valence-corrected chi connectivity index (χ1v) is 10.1. The van der Waals surface area contributed by atoms with Gasteiger partial charge in [-0.15, -0.1) is 0 Å². The Morgan fingerprint density at radius 3 is 2.29 bits per heavy atom. The van der Waals surface area contributed by atoms with Crippen LogP contribution in [0.2, 0.25) is 0 Å². The van der Waals surface area contributed by atoms with E-state index in [-0.39, 0.29) is 16.0 Å². The molecule has 0 amide bonds. The van der Waals surface area contributed by atoms with E-state index in [0.29, 0.717) is 28.6 Å². The number of rotatable bonds is 5. The second kappa shape index (κ2) is 6.53. The van der Waals surface area contributed by atoms with Crippen LogP contribution in [-0.4, -0.2) is 18.2 Å². The Bertz CT molecular complexity index is 1010. The third kappa shape index (κ3) is 2.59. The molecule has 0 spiro atoms. The van der Waals surface area contributed by atoms with Gasteiger partial charge in [-0.3, -0.25) is 4.79 Å². The topological polar surface area (TPSA) is 56.1 Å². The van der Waals surface area contributed by atoms with Crippen LogP contribution >= 0.6 is 15.9 Å². The van der Waals surface area contributed by atoms with E-state index < -0.39 is 10.0 Å². The average Bonchev–Trinajstić information content (AvgIpc) is 2.96. The minimum atomic E-state index is -3.79. The van der Waals surface area contributed by atoms with E-state index in [1.54, 1.807) is 55.5 Å². The maximum atomic E-state index is 13.2. The molecule has 0 saturated carbocycles. The molecule has 4 nitrogen and oxygen atoms in total. The first-order chi connectivity index (χ1) is 11.5. The average molecular weight is 406 g/mol. The molecule has 0 aliphatic heterocycles. The van der Waals surface area contributed by atoms with Gasteiger partial charge in [0.05, 0.1) is 16.1 Å². The highest BCUT2D eigenvalue weighted by molar-refractivity contribution is 9.08. The predicted molar refractivity (Wildman–Crippen MR) is 98.2 cm³/mol. The first kappa shape index (κ1) is 16.9. The molecule has 6 heteroatoms. The van der Waals surface area contributed by atoms with Gasteiger partial charge in [-0.25, -0.2) is 12.4 Å². The Morgan fingerprint density at radius 2 is 1.67 bits per heavy atom. The van der Waals surface area contributed by atoms with Crippen LogP contribution in [0.15, 0.2) is 59.5 Å². The zero-order valence-electron chi connectivity index (χ0n) is 13.1. The van der Waals surface area contributed by atoms with Gasteiger partial charge in [0.25, 0.3) is 10.0 Å². The number of aromatic nitrogens is 1. The second-order valence-electron chi connectivity index (χ2n) is 5.33. The van der Waals surface area contributed by atoms with Crippen LogP contribution in [0.1, 0.15) is 29.4 Å². The molecule has 0 unspecified atom stereocenters. The van der Waals surface area contributed by atoms with Crippen LogP contribution in [-0.2, 0) is 15.4 Å². The monoisotopic (exact) mass is 405 g/mol. The third-order valence-corrected chi connectivity index (χ3v) is 6.23. The fourth-order valence-corrected chi connectivity index (χ4v) is 5.12. The van der Waals surface area contributed by atoms with Crippen LogP contribution in [0.4, 0.5) is 0 Å². The standard InChI is InChI=1S/C18H16BrNO3S/c1-2-17(21)18-14-10-6-7-11-15(14)20(16(18)12-19)24(22,23)13-8-4-3-5-9-13/h3-11H,2,12H2,1H3. The van der Waals surface area contributed by atoms with E-state index in [0.717, 1.165) is 0 Å². The summed E-state index contributed by atoms with van der Waals surface area (Å²) in [5.74, 6) is -0.0670. The van der Waals surface area contributed by atoms with Crippen LogP contribution in [0.3, 0.4) is 0 Å². The second-order valence-corrected chi connectivity index (χ2v) is 7.68. The number of para-hydroxylation sites is 1. The molecule has 0 saturated heterocycles. The lowest BCUT2D eigenvalue weighted by Gasteiger charge is -2.11. The van der Waals surface area contributed by atoms with Gasteiger partial charge in [0.15, 0.2) is 5.78 Å². The Kier molecular flexibility index (Phi) is 4.60. The van der Waals surface area contributed by atoms with E-state index in [9.17, 15) is 13.2 Å². The Labute approximate surface area is 149 Å². The lowest BCUT2D eigenvalue weighted by Crippen LogP contribution is -2.16. The summed E-state index contributed by atoms with van der Waals surface area (Å²) in [7, 11) is -3.79. The Hall–Kier alpha value is -1.92. The van der Waals surface area contributed by atoms with Gasteiger partial charge in [0.2, 0.25) is 0 Å². The molecule has 0 aliphatic rings. The summed E-state index contributed by atoms with van der Waals surface area (Å²) < 4.78 is 27.7. The molecule has 1 heterocycles. The molecule has 124 valence electrons. The number of carbonyl (C=O) groups excluding carboxylic acids is 1. The van der Waals surface area contributed by atoms with Crippen molar-refractivity contribution in [1.82, 2.24) is 3.97 Å². The van der Waals surface area contributed by atoms with Gasteiger partial charge in [-0.2, -0.15) is 0 Å². The van der Waals surface area contributed by atoms with Crippen LogP contribution in [0.25, 0.3) is 10.9 Å². The van der Waals surface area contributed by atoms with E-state index in [4.69, 9.17) is 0 Å². The molecule has 0 radical (unpaired) electrons. The first-order valence-electron chi connectivity index (χ1n) is 7.54. The molecule has 2 aromatic carbocycles. The van der Waals surface area contributed by atoms with E-state index in [2.05, 4.69) is 15.9 Å². The lowest BCUT2D eigenvalue weighted by atomic mass is 10.1. The van der Waals surface area contributed by atoms with Gasteiger partial charge >= 0.3 is 0 Å². The number of Topliss-reactive ketones (excluding diaryl/α,β-unsaturated/α-hetero) is 1. The number of ketones is 1. The molecule has 0 atom stereocenters. The summed E-state index contributed by atoms with van der Waals surface area (Å²) in [6.45, 7) is 1.78. The zero-order valence-corrected chi connectivity index (χ0v) is 15.5. The molecular weight excluding hydrogens is 390 g/mol. The Balaban J connectivity index is 2.43. The molecule has 0 aliphatic carbocycles. The number of alkyl halides is 1. The maximum Gasteiger partial charge on any atom is 0.268 e. The minimum Gasteiger partial charge on any atom is -0.294 e. The molecule has 3 aromatic rings. The van der Waals surface area contributed by atoms with Gasteiger partial charge in [-0.05, 0) is 18.2 Å². The van der Waals surface area contributed by atoms with Crippen molar-refractivity contribution in [1.29, 1.82) is 0 Å². The van der Waals surface area contributed by atoms with Crippen molar-refractivity contribution in [3.05, 3.63) is 65.9 Å². The summed E-state index contributed by atoms with van der Waals surface area (Å²) in [5, 5.41) is 0.938. The third-order valence-electron chi connectivity index (χ3n) is 3.93. The molecular formula is C18H16BrNO3S. The molecule has 0 N–H and O–H groups in total. The van der Waals surface area contributed by atoms with Crippen molar-refractivity contribution >= 4 is 42.6 Å². The summed E-state index contributed by atoms with van der Waals surface area (Å²) in [6.07, 6.45) is 0.319. The highest BCUT2D eigenvalue weighted by Crippen LogP contribution is 2.32. The van der Waals surface area contributed by atoms with Gasteiger partial charge in [0, 0.05) is 22.7 Å². The fraction of sp³-hybridized carbons (Fsp3) is 0.167. The van der Waals surface area contributed by atoms with Crippen LogP contribution < -0.4 is 0 Å². The van der Waals surface area contributed by atoms with Gasteiger partial charge < -0.3 is 0 Å². The van der Waals surface area contributed by atoms with Crippen molar-refractivity contribution in [3.8, 4) is 0 Å². The van der Waals surface area contributed by atoms with Gasteiger partial charge in [0.1, 0.15) is 0 Å².